The monoisotopic (exact) mass is 279 g/mol. The van der Waals surface area contributed by atoms with Crippen LogP contribution in [-0.4, -0.2) is 60.6 Å². The van der Waals surface area contributed by atoms with Crippen LogP contribution in [0, 0.1) is 5.92 Å². The minimum absolute atomic E-state index is 0.699. The first-order valence-electron chi connectivity index (χ1n) is 8.83. The summed E-state index contributed by atoms with van der Waals surface area (Å²) < 4.78 is 0. The van der Waals surface area contributed by atoms with Gasteiger partial charge in [-0.3, -0.25) is 4.90 Å². The van der Waals surface area contributed by atoms with Crippen LogP contribution >= 0.6 is 0 Å². The Hall–Kier alpha value is -0.120. The standard InChI is InChI=1S/C17H33N3/c1-13(2)20(12-14-5-4-8-18-11-14)17-9-15-6-7-16(10-17)19(15)3/h13-18H,4-12H2,1-3H3. The van der Waals surface area contributed by atoms with E-state index < -0.39 is 0 Å². The molecular weight excluding hydrogens is 246 g/mol. The van der Waals surface area contributed by atoms with Crippen molar-refractivity contribution in [1.82, 2.24) is 15.1 Å². The van der Waals surface area contributed by atoms with Gasteiger partial charge in [0.25, 0.3) is 0 Å². The molecule has 3 saturated heterocycles. The molecule has 3 fully saturated rings. The first-order chi connectivity index (χ1) is 9.65. The van der Waals surface area contributed by atoms with E-state index in [4.69, 9.17) is 0 Å². The van der Waals surface area contributed by atoms with Crippen molar-refractivity contribution in [3.05, 3.63) is 0 Å². The summed E-state index contributed by atoms with van der Waals surface area (Å²) in [4.78, 5) is 5.51. The van der Waals surface area contributed by atoms with Gasteiger partial charge in [-0.2, -0.15) is 0 Å². The summed E-state index contributed by atoms with van der Waals surface area (Å²) in [7, 11) is 2.35. The van der Waals surface area contributed by atoms with Crippen LogP contribution in [0.15, 0.2) is 0 Å². The minimum atomic E-state index is 0.699. The van der Waals surface area contributed by atoms with Gasteiger partial charge in [-0.25, -0.2) is 0 Å². The Morgan fingerprint density at radius 2 is 1.85 bits per heavy atom. The van der Waals surface area contributed by atoms with E-state index in [1.54, 1.807) is 0 Å². The zero-order chi connectivity index (χ0) is 14.1. The van der Waals surface area contributed by atoms with Gasteiger partial charge in [-0.15, -0.1) is 0 Å². The smallest absolute Gasteiger partial charge is 0.0128 e. The zero-order valence-electron chi connectivity index (χ0n) is 13.6. The minimum Gasteiger partial charge on any atom is -0.316 e. The molecule has 0 aromatic heterocycles. The number of hydrogen-bond acceptors (Lipinski definition) is 3. The van der Waals surface area contributed by atoms with Crippen LogP contribution in [0.1, 0.15) is 52.4 Å². The maximum absolute atomic E-state index is 3.58. The van der Waals surface area contributed by atoms with Crippen molar-refractivity contribution in [3.8, 4) is 0 Å². The third-order valence-electron chi connectivity index (χ3n) is 6.07. The molecule has 0 aliphatic carbocycles. The molecule has 0 amide bonds. The van der Waals surface area contributed by atoms with Gasteiger partial charge >= 0.3 is 0 Å². The molecule has 3 unspecified atom stereocenters. The van der Waals surface area contributed by atoms with E-state index in [2.05, 4.69) is 36.0 Å². The molecular formula is C17H33N3. The van der Waals surface area contributed by atoms with Crippen LogP contribution in [0.4, 0.5) is 0 Å². The fourth-order valence-corrected chi connectivity index (χ4v) is 4.81. The summed E-state index contributed by atoms with van der Waals surface area (Å²) in [5.41, 5.74) is 0. The van der Waals surface area contributed by atoms with Gasteiger partial charge in [-0.1, -0.05) is 0 Å². The molecule has 3 heterocycles. The van der Waals surface area contributed by atoms with Crippen LogP contribution in [0.25, 0.3) is 0 Å². The van der Waals surface area contributed by atoms with Crippen LogP contribution < -0.4 is 5.32 Å². The molecule has 20 heavy (non-hydrogen) atoms. The number of fused-ring (bicyclic) bond motifs is 2. The lowest BCUT2D eigenvalue weighted by atomic mass is 9.92. The first-order valence-corrected chi connectivity index (χ1v) is 8.83. The summed E-state index contributed by atoms with van der Waals surface area (Å²) in [5, 5.41) is 3.58. The van der Waals surface area contributed by atoms with Crippen molar-refractivity contribution in [3.63, 3.8) is 0 Å². The Bertz CT molecular complexity index is 297. The van der Waals surface area contributed by atoms with E-state index >= 15 is 0 Å². The van der Waals surface area contributed by atoms with Crippen molar-refractivity contribution >= 4 is 0 Å². The lowest BCUT2D eigenvalue weighted by Gasteiger charge is -2.45. The quantitative estimate of drug-likeness (QED) is 0.852. The molecule has 0 radical (unpaired) electrons. The van der Waals surface area contributed by atoms with Crippen molar-refractivity contribution in [2.75, 3.05) is 26.7 Å². The molecule has 3 rings (SSSR count). The van der Waals surface area contributed by atoms with Crippen LogP contribution in [0.2, 0.25) is 0 Å². The number of piperidine rings is 2. The van der Waals surface area contributed by atoms with Gasteiger partial charge in [-0.05, 0) is 78.4 Å². The van der Waals surface area contributed by atoms with E-state index in [0.717, 1.165) is 24.0 Å². The summed E-state index contributed by atoms with van der Waals surface area (Å²) in [5.74, 6) is 0.878. The second kappa shape index (κ2) is 6.33. The van der Waals surface area contributed by atoms with E-state index in [0.29, 0.717) is 6.04 Å². The number of hydrogen-bond donors (Lipinski definition) is 1. The fraction of sp³-hybridized carbons (Fsp3) is 1.00. The van der Waals surface area contributed by atoms with Crippen molar-refractivity contribution in [2.24, 2.45) is 5.92 Å². The normalized spacial score (nSPS) is 38.9. The van der Waals surface area contributed by atoms with Crippen LogP contribution in [0.3, 0.4) is 0 Å². The Morgan fingerprint density at radius 1 is 1.15 bits per heavy atom. The molecule has 0 spiro atoms. The Morgan fingerprint density at radius 3 is 2.40 bits per heavy atom. The second-order valence-corrected chi connectivity index (χ2v) is 7.68. The fourth-order valence-electron chi connectivity index (χ4n) is 4.81. The van der Waals surface area contributed by atoms with Crippen LogP contribution in [-0.2, 0) is 0 Å². The average Bonchev–Trinajstić information content (AvgIpc) is 2.66. The van der Waals surface area contributed by atoms with E-state index in [1.807, 2.05) is 0 Å². The highest BCUT2D eigenvalue weighted by molar-refractivity contribution is 4.97. The molecule has 2 bridgehead atoms. The Labute approximate surface area is 125 Å². The van der Waals surface area contributed by atoms with Crippen molar-refractivity contribution in [2.45, 2.75) is 76.5 Å². The largest absolute Gasteiger partial charge is 0.316 e. The van der Waals surface area contributed by atoms with Gasteiger partial charge in [0.2, 0.25) is 0 Å². The Balaban J connectivity index is 1.62. The van der Waals surface area contributed by atoms with Gasteiger partial charge in [0.05, 0.1) is 0 Å². The van der Waals surface area contributed by atoms with E-state index in [-0.39, 0.29) is 0 Å². The molecule has 3 nitrogen and oxygen atoms in total. The van der Waals surface area contributed by atoms with Gasteiger partial charge in [0.1, 0.15) is 0 Å². The summed E-state index contributed by atoms with van der Waals surface area (Å²) in [6, 6.07) is 3.27. The van der Waals surface area contributed by atoms with Gasteiger partial charge in [0.15, 0.2) is 0 Å². The lowest BCUT2D eigenvalue weighted by molar-refractivity contribution is 0.0434. The number of nitrogens with one attached hydrogen (secondary N) is 1. The first kappa shape index (κ1) is 14.8. The summed E-state index contributed by atoms with van der Waals surface area (Å²) in [6.07, 6.45) is 8.49. The van der Waals surface area contributed by atoms with Crippen molar-refractivity contribution in [1.29, 1.82) is 0 Å². The number of rotatable bonds is 4. The molecule has 116 valence electrons. The highest BCUT2D eigenvalue weighted by Crippen LogP contribution is 2.37. The van der Waals surface area contributed by atoms with Gasteiger partial charge < -0.3 is 10.2 Å². The maximum Gasteiger partial charge on any atom is 0.0128 e. The molecule has 1 N–H and O–H groups in total. The maximum atomic E-state index is 3.58. The summed E-state index contributed by atoms with van der Waals surface area (Å²) in [6.45, 7) is 8.59. The van der Waals surface area contributed by atoms with E-state index in [1.165, 1.54) is 58.2 Å². The molecule has 0 aromatic carbocycles. The highest BCUT2D eigenvalue weighted by Gasteiger charge is 2.41. The topological polar surface area (TPSA) is 18.5 Å². The van der Waals surface area contributed by atoms with Crippen LogP contribution in [0.5, 0.6) is 0 Å². The van der Waals surface area contributed by atoms with Gasteiger partial charge in [0, 0.05) is 30.7 Å². The molecule has 0 aromatic rings. The van der Waals surface area contributed by atoms with E-state index in [9.17, 15) is 0 Å². The molecule has 0 saturated carbocycles. The molecule has 3 aliphatic rings. The third-order valence-corrected chi connectivity index (χ3v) is 6.07. The summed E-state index contributed by atoms with van der Waals surface area (Å²) >= 11 is 0. The lowest BCUT2D eigenvalue weighted by Crippen LogP contribution is -2.53. The molecule has 3 atom stereocenters. The molecule has 3 heteroatoms. The number of nitrogens with zero attached hydrogens (tertiary/aromatic N) is 2. The highest BCUT2D eigenvalue weighted by atomic mass is 15.3. The Kier molecular flexibility index (Phi) is 4.68. The SMILES string of the molecule is CC(C)N(CC1CCCNC1)C1CC2CCC(C1)N2C. The third kappa shape index (κ3) is 3.05. The average molecular weight is 279 g/mol. The molecule has 3 aliphatic heterocycles. The zero-order valence-corrected chi connectivity index (χ0v) is 13.6. The predicted molar refractivity (Wildman–Crippen MR) is 85.0 cm³/mol. The van der Waals surface area contributed by atoms with Crippen molar-refractivity contribution < 1.29 is 0 Å². The second-order valence-electron chi connectivity index (χ2n) is 7.68. The predicted octanol–water partition coefficient (Wildman–Crippen LogP) is 2.32.